The fourth-order valence-corrected chi connectivity index (χ4v) is 2.78. The van der Waals surface area contributed by atoms with Crippen LogP contribution in [0.15, 0.2) is 0 Å². The molecule has 0 bridgehead atoms. The lowest BCUT2D eigenvalue weighted by Crippen LogP contribution is -2.42. The molecular weight excluding hydrogens is 246 g/mol. The van der Waals surface area contributed by atoms with Gasteiger partial charge in [-0.05, 0) is 57.4 Å². The lowest BCUT2D eigenvalue weighted by Gasteiger charge is -2.33. The van der Waals surface area contributed by atoms with E-state index in [0.29, 0.717) is 5.41 Å². The molecule has 0 saturated heterocycles. The third-order valence-corrected chi connectivity index (χ3v) is 4.39. The lowest BCUT2D eigenvalue weighted by atomic mass is 9.92. The van der Waals surface area contributed by atoms with E-state index in [-0.39, 0.29) is 0 Å². The molecule has 1 saturated carbocycles. The van der Waals surface area contributed by atoms with Crippen LogP contribution >= 0.6 is 0 Å². The molecule has 1 N–H and O–H groups in total. The largest absolute Gasteiger partial charge is 0.313 e. The molecular formula is C17H37N3. The van der Waals surface area contributed by atoms with Crippen molar-refractivity contribution >= 4 is 0 Å². The smallest absolute Gasteiger partial charge is 0.00684 e. The standard InChI is InChI=1S/C17H37N3/c1-6-19(7-2)12-9-13-20(8-3)15-17(4,5)14-18-16-10-11-16/h16,18H,6-15H2,1-5H3. The molecule has 3 heteroatoms. The summed E-state index contributed by atoms with van der Waals surface area (Å²) in [7, 11) is 0. The van der Waals surface area contributed by atoms with Crippen LogP contribution in [0.4, 0.5) is 0 Å². The fourth-order valence-electron chi connectivity index (χ4n) is 2.78. The van der Waals surface area contributed by atoms with Crippen molar-refractivity contribution in [2.75, 3.05) is 45.8 Å². The van der Waals surface area contributed by atoms with Crippen molar-refractivity contribution in [3.05, 3.63) is 0 Å². The summed E-state index contributed by atoms with van der Waals surface area (Å²) in [5.74, 6) is 0. The first-order chi connectivity index (χ1) is 9.50. The minimum absolute atomic E-state index is 0.383. The zero-order valence-electron chi connectivity index (χ0n) is 14.5. The van der Waals surface area contributed by atoms with Crippen molar-refractivity contribution in [1.82, 2.24) is 15.1 Å². The van der Waals surface area contributed by atoms with Crippen LogP contribution in [0.5, 0.6) is 0 Å². The molecule has 0 unspecified atom stereocenters. The van der Waals surface area contributed by atoms with Gasteiger partial charge >= 0.3 is 0 Å². The molecule has 0 spiro atoms. The van der Waals surface area contributed by atoms with E-state index in [0.717, 1.165) is 12.6 Å². The number of nitrogens with one attached hydrogen (secondary N) is 1. The first-order valence-corrected chi connectivity index (χ1v) is 8.68. The topological polar surface area (TPSA) is 18.5 Å². The Bertz CT molecular complexity index is 245. The van der Waals surface area contributed by atoms with E-state index in [1.807, 2.05) is 0 Å². The Morgan fingerprint density at radius 3 is 2.00 bits per heavy atom. The van der Waals surface area contributed by atoms with Crippen LogP contribution < -0.4 is 5.32 Å². The fraction of sp³-hybridized carbons (Fsp3) is 1.00. The molecule has 1 aliphatic rings. The van der Waals surface area contributed by atoms with Gasteiger partial charge < -0.3 is 15.1 Å². The molecule has 1 aliphatic carbocycles. The van der Waals surface area contributed by atoms with Crippen molar-refractivity contribution in [3.63, 3.8) is 0 Å². The first kappa shape index (κ1) is 17.9. The minimum atomic E-state index is 0.383. The molecule has 0 aromatic heterocycles. The summed E-state index contributed by atoms with van der Waals surface area (Å²) in [6.45, 7) is 20.0. The SMILES string of the molecule is CCN(CC)CCCN(CC)CC(C)(C)CNC1CC1. The van der Waals surface area contributed by atoms with Gasteiger partial charge in [-0.15, -0.1) is 0 Å². The zero-order chi connectivity index (χ0) is 15.0. The van der Waals surface area contributed by atoms with Crippen LogP contribution in [0.2, 0.25) is 0 Å². The lowest BCUT2D eigenvalue weighted by molar-refractivity contribution is 0.170. The van der Waals surface area contributed by atoms with Gasteiger partial charge in [-0.25, -0.2) is 0 Å². The van der Waals surface area contributed by atoms with Gasteiger partial charge in [0.2, 0.25) is 0 Å². The molecule has 0 aromatic carbocycles. The summed E-state index contributed by atoms with van der Waals surface area (Å²) < 4.78 is 0. The van der Waals surface area contributed by atoms with Gasteiger partial charge in [0.05, 0.1) is 0 Å². The first-order valence-electron chi connectivity index (χ1n) is 8.68. The van der Waals surface area contributed by atoms with E-state index in [1.165, 1.54) is 58.5 Å². The van der Waals surface area contributed by atoms with Gasteiger partial charge in [0.15, 0.2) is 0 Å². The summed E-state index contributed by atoms with van der Waals surface area (Å²) in [5.41, 5.74) is 0.383. The van der Waals surface area contributed by atoms with Gasteiger partial charge in [0, 0.05) is 19.1 Å². The van der Waals surface area contributed by atoms with Crippen molar-refractivity contribution in [2.24, 2.45) is 5.41 Å². The van der Waals surface area contributed by atoms with Gasteiger partial charge in [-0.3, -0.25) is 0 Å². The Hall–Kier alpha value is -0.120. The highest BCUT2D eigenvalue weighted by molar-refractivity contribution is 4.85. The minimum Gasteiger partial charge on any atom is -0.313 e. The molecule has 3 nitrogen and oxygen atoms in total. The number of hydrogen-bond acceptors (Lipinski definition) is 3. The number of nitrogens with zero attached hydrogens (tertiary/aromatic N) is 2. The van der Waals surface area contributed by atoms with E-state index in [9.17, 15) is 0 Å². The molecule has 20 heavy (non-hydrogen) atoms. The number of hydrogen-bond donors (Lipinski definition) is 1. The summed E-state index contributed by atoms with van der Waals surface area (Å²) in [5, 5.41) is 3.68. The normalized spacial score (nSPS) is 16.4. The second-order valence-corrected chi connectivity index (χ2v) is 7.07. The summed E-state index contributed by atoms with van der Waals surface area (Å²) in [4.78, 5) is 5.14. The monoisotopic (exact) mass is 283 g/mol. The molecule has 0 amide bonds. The summed E-state index contributed by atoms with van der Waals surface area (Å²) in [6, 6.07) is 0.826. The van der Waals surface area contributed by atoms with Crippen LogP contribution in [-0.4, -0.2) is 61.7 Å². The molecule has 0 aliphatic heterocycles. The van der Waals surface area contributed by atoms with Gasteiger partial charge in [0.1, 0.15) is 0 Å². The predicted octanol–water partition coefficient (Wildman–Crippen LogP) is 2.82. The van der Waals surface area contributed by atoms with E-state index >= 15 is 0 Å². The molecule has 0 radical (unpaired) electrons. The Kier molecular flexibility index (Phi) is 8.08. The molecule has 0 heterocycles. The quantitative estimate of drug-likeness (QED) is 0.594. The van der Waals surface area contributed by atoms with Crippen LogP contribution in [0.1, 0.15) is 53.9 Å². The van der Waals surface area contributed by atoms with Crippen molar-refractivity contribution in [3.8, 4) is 0 Å². The van der Waals surface area contributed by atoms with Gasteiger partial charge in [0.25, 0.3) is 0 Å². The van der Waals surface area contributed by atoms with Crippen LogP contribution in [0, 0.1) is 5.41 Å². The van der Waals surface area contributed by atoms with E-state index in [4.69, 9.17) is 0 Å². The molecule has 0 atom stereocenters. The third kappa shape index (κ3) is 7.61. The summed E-state index contributed by atoms with van der Waals surface area (Å²) in [6.07, 6.45) is 4.07. The molecule has 1 fully saturated rings. The van der Waals surface area contributed by atoms with E-state index in [1.54, 1.807) is 0 Å². The highest BCUT2D eigenvalue weighted by Gasteiger charge is 2.26. The molecule has 0 aromatic rings. The predicted molar refractivity (Wildman–Crippen MR) is 89.3 cm³/mol. The van der Waals surface area contributed by atoms with Crippen molar-refractivity contribution in [1.29, 1.82) is 0 Å². The highest BCUT2D eigenvalue weighted by Crippen LogP contribution is 2.22. The molecule has 120 valence electrons. The van der Waals surface area contributed by atoms with E-state index in [2.05, 4.69) is 49.7 Å². The average molecular weight is 284 g/mol. The zero-order valence-corrected chi connectivity index (χ0v) is 14.5. The highest BCUT2D eigenvalue weighted by atomic mass is 15.1. The second-order valence-electron chi connectivity index (χ2n) is 7.07. The van der Waals surface area contributed by atoms with Crippen LogP contribution in [-0.2, 0) is 0 Å². The second kappa shape index (κ2) is 9.01. The Labute approximate surface area is 127 Å². The molecule has 1 rings (SSSR count). The van der Waals surface area contributed by atoms with E-state index < -0.39 is 0 Å². The summed E-state index contributed by atoms with van der Waals surface area (Å²) >= 11 is 0. The Morgan fingerprint density at radius 2 is 1.50 bits per heavy atom. The van der Waals surface area contributed by atoms with Crippen LogP contribution in [0.3, 0.4) is 0 Å². The average Bonchev–Trinajstić information content (AvgIpc) is 3.24. The Morgan fingerprint density at radius 1 is 0.950 bits per heavy atom. The van der Waals surface area contributed by atoms with Crippen molar-refractivity contribution in [2.45, 2.75) is 59.9 Å². The third-order valence-electron chi connectivity index (χ3n) is 4.39. The maximum atomic E-state index is 3.68. The van der Waals surface area contributed by atoms with Gasteiger partial charge in [-0.2, -0.15) is 0 Å². The maximum absolute atomic E-state index is 3.68. The van der Waals surface area contributed by atoms with Crippen LogP contribution in [0.25, 0.3) is 0 Å². The Balaban J connectivity index is 2.22. The number of rotatable bonds is 12. The maximum Gasteiger partial charge on any atom is 0.00684 e. The van der Waals surface area contributed by atoms with Crippen molar-refractivity contribution < 1.29 is 0 Å². The van der Waals surface area contributed by atoms with Gasteiger partial charge in [-0.1, -0.05) is 34.6 Å².